The largest absolute Gasteiger partial charge is 1.00 e. The molecule has 0 aromatic heterocycles. The van der Waals surface area contributed by atoms with Crippen molar-refractivity contribution >= 4 is 23.5 Å². The molecule has 0 fully saturated rings. The molecule has 17 heteroatoms. The van der Waals surface area contributed by atoms with Crippen LogP contribution in [0, 0.1) is 0 Å². The zero-order valence-corrected chi connectivity index (χ0v) is 16.8. The van der Waals surface area contributed by atoms with Crippen molar-refractivity contribution in [2.45, 2.75) is 0 Å². The van der Waals surface area contributed by atoms with Gasteiger partial charge < -0.3 is 30.8 Å². The molecule has 0 rings (SSSR count). The SMILES string of the molecule is O=P(O)(O)OCCN(CCOP(=O)(O)O)CCOP(=O)(O)O.[H-].[Na+]. The summed E-state index contributed by atoms with van der Waals surface area (Å²) in [5.41, 5.74) is 0. The number of hydrogen-bond acceptors (Lipinski definition) is 7. The predicted octanol–water partition coefficient (Wildman–Crippen LogP) is -4.27. The van der Waals surface area contributed by atoms with E-state index in [9.17, 15) is 13.7 Å². The van der Waals surface area contributed by atoms with E-state index in [1.807, 2.05) is 0 Å². The van der Waals surface area contributed by atoms with Crippen LogP contribution in [-0.2, 0) is 27.3 Å². The summed E-state index contributed by atoms with van der Waals surface area (Å²) in [6, 6.07) is 0. The Labute approximate surface area is 155 Å². The van der Waals surface area contributed by atoms with Crippen LogP contribution >= 0.6 is 23.5 Å². The Kier molecular flexibility index (Phi) is 13.6. The normalized spacial score (nSPS) is 13.2. The first-order valence-electron chi connectivity index (χ1n) is 5.61. The molecule has 6 N–H and O–H groups in total. The van der Waals surface area contributed by atoms with Crippen LogP contribution in [0.1, 0.15) is 1.43 Å². The van der Waals surface area contributed by atoms with E-state index in [2.05, 4.69) is 13.6 Å². The molecule has 136 valence electrons. The standard InChI is InChI=1S/C6H18NO12P3.Na.H/c8-20(9,10)17-4-1-7(2-5-18-21(11,12)13)3-6-19-22(14,15)16;;/h1-6H2,(H2,8,9,10)(H2,11,12,13)(H2,14,15,16);;/q;+1;-1. The van der Waals surface area contributed by atoms with Crippen molar-refractivity contribution in [3.05, 3.63) is 0 Å². The van der Waals surface area contributed by atoms with Crippen LogP contribution in [0.2, 0.25) is 0 Å². The van der Waals surface area contributed by atoms with Gasteiger partial charge in [0.2, 0.25) is 0 Å². The summed E-state index contributed by atoms with van der Waals surface area (Å²) in [5.74, 6) is 0. The molecule has 23 heavy (non-hydrogen) atoms. The van der Waals surface area contributed by atoms with Crippen LogP contribution in [0.3, 0.4) is 0 Å². The van der Waals surface area contributed by atoms with Crippen LogP contribution in [0.15, 0.2) is 0 Å². The average molecular weight is 413 g/mol. The molecular formula is C6H19NNaO12P3. The molecule has 0 bridgehead atoms. The summed E-state index contributed by atoms with van der Waals surface area (Å²) >= 11 is 0. The van der Waals surface area contributed by atoms with Crippen LogP contribution in [0.25, 0.3) is 0 Å². The van der Waals surface area contributed by atoms with Gasteiger partial charge in [0.15, 0.2) is 0 Å². The quantitative estimate of drug-likeness (QED) is 0.133. The zero-order chi connectivity index (χ0) is 17.4. The Morgan fingerprint density at radius 2 is 0.870 bits per heavy atom. The molecule has 0 atom stereocenters. The van der Waals surface area contributed by atoms with E-state index in [4.69, 9.17) is 29.4 Å². The maximum absolute atomic E-state index is 10.5. The maximum atomic E-state index is 10.5. The third-order valence-electron chi connectivity index (χ3n) is 2.00. The summed E-state index contributed by atoms with van der Waals surface area (Å²) in [6.07, 6.45) is 0. The van der Waals surface area contributed by atoms with Gasteiger partial charge in [-0.1, -0.05) is 0 Å². The molecule has 0 saturated heterocycles. The first-order valence-corrected chi connectivity index (χ1v) is 10.2. The van der Waals surface area contributed by atoms with Crippen molar-refractivity contribution in [2.24, 2.45) is 0 Å². The van der Waals surface area contributed by atoms with Gasteiger partial charge in [-0.25, -0.2) is 13.7 Å². The second kappa shape index (κ2) is 11.8. The second-order valence-corrected chi connectivity index (χ2v) is 7.53. The number of hydrogen-bond donors (Lipinski definition) is 6. The molecule has 0 unspecified atom stereocenters. The van der Waals surface area contributed by atoms with Crippen LogP contribution < -0.4 is 29.6 Å². The predicted molar refractivity (Wildman–Crippen MR) is 71.5 cm³/mol. The molecule has 0 aliphatic carbocycles. The topological polar surface area (TPSA) is 204 Å². The molecule has 0 spiro atoms. The van der Waals surface area contributed by atoms with Crippen LogP contribution in [0.4, 0.5) is 0 Å². The molecule has 13 nitrogen and oxygen atoms in total. The fourth-order valence-electron chi connectivity index (χ4n) is 1.20. The van der Waals surface area contributed by atoms with Gasteiger partial charge in [-0.15, -0.1) is 0 Å². The van der Waals surface area contributed by atoms with Crippen molar-refractivity contribution in [2.75, 3.05) is 39.5 Å². The Bertz CT molecular complexity index is 397. The second-order valence-electron chi connectivity index (χ2n) is 3.81. The average Bonchev–Trinajstić information content (AvgIpc) is 2.23. The van der Waals surface area contributed by atoms with E-state index < -0.39 is 43.3 Å². The van der Waals surface area contributed by atoms with Gasteiger partial charge in [-0.3, -0.25) is 18.5 Å². The van der Waals surface area contributed by atoms with Crippen molar-refractivity contribution < 1.29 is 87.6 Å². The fourth-order valence-corrected chi connectivity index (χ4v) is 2.16. The van der Waals surface area contributed by atoms with Crippen molar-refractivity contribution in [1.82, 2.24) is 4.90 Å². The minimum absolute atomic E-state index is 0. The Hall–Kier alpha value is 1.29. The molecule has 0 amide bonds. The third kappa shape index (κ3) is 21.2. The minimum atomic E-state index is -4.67. The van der Waals surface area contributed by atoms with E-state index in [0.717, 1.165) is 0 Å². The maximum Gasteiger partial charge on any atom is 1.00 e. The van der Waals surface area contributed by atoms with Crippen molar-refractivity contribution in [1.29, 1.82) is 0 Å². The summed E-state index contributed by atoms with van der Waals surface area (Å²) in [5, 5.41) is 0. The molecule has 0 saturated carbocycles. The number of phosphoric ester groups is 3. The van der Waals surface area contributed by atoms with E-state index >= 15 is 0 Å². The first kappa shape index (κ1) is 26.5. The van der Waals surface area contributed by atoms with Crippen LogP contribution in [0.5, 0.6) is 0 Å². The number of phosphoric acid groups is 3. The summed E-state index contributed by atoms with van der Waals surface area (Å²) in [4.78, 5) is 52.4. The molecule has 0 aliphatic rings. The molecule has 0 radical (unpaired) electrons. The van der Waals surface area contributed by atoms with Gasteiger partial charge in [-0.05, 0) is 0 Å². The molecule has 0 aliphatic heterocycles. The van der Waals surface area contributed by atoms with Crippen molar-refractivity contribution in [3.63, 3.8) is 0 Å². The Morgan fingerprint density at radius 3 is 1.04 bits per heavy atom. The number of nitrogens with zero attached hydrogens (tertiary/aromatic N) is 1. The van der Waals surface area contributed by atoms with Gasteiger partial charge in [0.1, 0.15) is 0 Å². The van der Waals surface area contributed by atoms with Gasteiger partial charge in [0.05, 0.1) is 19.8 Å². The summed E-state index contributed by atoms with van der Waals surface area (Å²) in [7, 11) is -14.0. The fraction of sp³-hybridized carbons (Fsp3) is 1.00. The summed E-state index contributed by atoms with van der Waals surface area (Å²) in [6.45, 7) is -1.55. The smallest absolute Gasteiger partial charge is 1.00 e. The third-order valence-corrected chi connectivity index (χ3v) is 3.56. The Morgan fingerprint density at radius 1 is 0.652 bits per heavy atom. The molecule has 0 aromatic carbocycles. The van der Waals surface area contributed by atoms with Gasteiger partial charge in [0.25, 0.3) is 0 Å². The monoisotopic (exact) mass is 413 g/mol. The van der Waals surface area contributed by atoms with Gasteiger partial charge >= 0.3 is 53.0 Å². The summed E-state index contributed by atoms with van der Waals surface area (Å²) < 4.78 is 44.1. The van der Waals surface area contributed by atoms with Gasteiger partial charge in [0, 0.05) is 19.6 Å². The first-order chi connectivity index (χ1) is 9.79. The van der Waals surface area contributed by atoms with E-state index in [-0.39, 0.29) is 50.6 Å². The molecule has 0 heterocycles. The van der Waals surface area contributed by atoms with Crippen LogP contribution in [-0.4, -0.2) is 73.7 Å². The molecule has 0 aromatic rings. The van der Waals surface area contributed by atoms with E-state index in [1.54, 1.807) is 0 Å². The van der Waals surface area contributed by atoms with E-state index in [1.165, 1.54) is 4.90 Å². The van der Waals surface area contributed by atoms with Crippen molar-refractivity contribution in [3.8, 4) is 0 Å². The number of rotatable bonds is 12. The minimum Gasteiger partial charge on any atom is -1.00 e. The van der Waals surface area contributed by atoms with E-state index in [0.29, 0.717) is 0 Å². The van der Waals surface area contributed by atoms with Gasteiger partial charge in [-0.2, -0.15) is 0 Å². The molecular weight excluding hydrogens is 394 g/mol. The zero-order valence-electron chi connectivity index (χ0n) is 13.2. The Balaban J connectivity index is -0.00000220.